The van der Waals surface area contributed by atoms with Crippen molar-refractivity contribution in [3.05, 3.63) is 69.2 Å². The molecule has 27 heavy (non-hydrogen) atoms. The molecule has 1 aliphatic rings. The van der Waals surface area contributed by atoms with Gasteiger partial charge in [-0.25, -0.2) is 0 Å². The van der Waals surface area contributed by atoms with Crippen molar-refractivity contribution in [2.45, 2.75) is 31.7 Å². The predicted octanol–water partition coefficient (Wildman–Crippen LogP) is 4.67. The number of ether oxygens (including phenoxy) is 1. The minimum atomic E-state index is -0.579. The highest BCUT2D eigenvalue weighted by atomic mass is 35.5. The van der Waals surface area contributed by atoms with Gasteiger partial charge >= 0.3 is 5.69 Å². The first-order valence-corrected chi connectivity index (χ1v) is 9.33. The largest absolute Gasteiger partial charge is 0.477 e. The van der Waals surface area contributed by atoms with Gasteiger partial charge in [0.25, 0.3) is 5.91 Å². The van der Waals surface area contributed by atoms with Crippen LogP contribution in [0.2, 0.25) is 5.02 Å². The Morgan fingerprint density at radius 2 is 1.93 bits per heavy atom. The molecule has 2 aromatic rings. The molecule has 7 heteroatoms. The second-order valence-electron chi connectivity index (χ2n) is 6.66. The van der Waals surface area contributed by atoms with Crippen LogP contribution in [0.4, 0.5) is 5.69 Å². The number of nitrogens with zero attached hydrogens (tertiary/aromatic N) is 1. The van der Waals surface area contributed by atoms with Crippen LogP contribution in [0.3, 0.4) is 0 Å². The van der Waals surface area contributed by atoms with Gasteiger partial charge in [0.05, 0.1) is 11.0 Å². The molecule has 1 aliphatic carbocycles. The van der Waals surface area contributed by atoms with Crippen LogP contribution in [0.5, 0.6) is 5.75 Å². The number of rotatable bonds is 7. The fraction of sp³-hybridized carbons (Fsp3) is 0.350. The summed E-state index contributed by atoms with van der Waals surface area (Å²) >= 11 is 5.79. The second kappa shape index (κ2) is 8.86. The van der Waals surface area contributed by atoms with E-state index < -0.39 is 4.92 Å². The quantitative estimate of drug-likeness (QED) is 0.551. The van der Waals surface area contributed by atoms with Crippen LogP contribution in [0.25, 0.3) is 0 Å². The monoisotopic (exact) mass is 388 g/mol. The summed E-state index contributed by atoms with van der Waals surface area (Å²) in [6.45, 7) is -0.293. The van der Waals surface area contributed by atoms with E-state index in [1.807, 2.05) is 30.3 Å². The van der Waals surface area contributed by atoms with E-state index in [0.29, 0.717) is 5.92 Å². The Bertz CT molecular complexity index is 807. The molecule has 1 fully saturated rings. The third-order valence-electron chi connectivity index (χ3n) is 4.82. The van der Waals surface area contributed by atoms with Crippen molar-refractivity contribution in [1.29, 1.82) is 0 Å². The number of carbonyl (C=O) groups is 1. The van der Waals surface area contributed by atoms with Gasteiger partial charge in [-0.2, -0.15) is 0 Å². The van der Waals surface area contributed by atoms with Gasteiger partial charge in [-0.05, 0) is 36.5 Å². The van der Waals surface area contributed by atoms with E-state index >= 15 is 0 Å². The van der Waals surface area contributed by atoms with Crippen molar-refractivity contribution in [3.8, 4) is 5.75 Å². The van der Waals surface area contributed by atoms with Gasteiger partial charge in [-0.1, -0.05) is 54.8 Å². The number of amides is 1. The first-order chi connectivity index (χ1) is 13.0. The Labute approximate surface area is 162 Å². The second-order valence-corrected chi connectivity index (χ2v) is 7.09. The van der Waals surface area contributed by atoms with Gasteiger partial charge in [-0.3, -0.25) is 14.9 Å². The summed E-state index contributed by atoms with van der Waals surface area (Å²) in [7, 11) is 0. The fourth-order valence-electron chi connectivity index (χ4n) is 3.54. The van der Waals surface area contributed by atoms with E-state index in [-0.39, 0.29) is 35.0 Å². The predicted molar refractivity (Wildman–Crippen MR) is 103 cm³/mol. The van der Waals surface area contributed by atoms with E-state index in [1.54, 1.807) is 0 Å². The van der Waals surface area contributed by atoms with Crippen LogP contribution in [0.15, 0.2) is 48.5 Å². The van der Waals surface area contributed by atoms with Gasteiger partial charge < -0.3 is 10.1 Å². The van der Waals surface area contributed by atoms with Crippen LogP contribution in [0, 0.1) is 16.0 Å². The molecule has 0 unspecified atom stereocenters. The molecule has 0 aromatic heterocycles. The van der Waals surface area contributed by atoms with Gasteiger partial charge in [0.15, 0.2) is 12.4 Å². The summed E-state index contributed by atoms with van der Waals surface area (Å²) < 4.78 is 5.40. The SMILES string of the molecule is O=C(COc1ccc(Cl)cc1[N+](=O)[O-])N[C@@H](c1ccccc1)C1CCCC1. The zero-order chi connectivity index (χ0) is 19.2. The van der Waals surface area contributed by atoms with Crippen LogP contribution in [-0.2, 0) is 4.79 Å². The lowest BCUT2D eigenvalue weighted by Crippen LogP contribution is -2.36. The Morgan fingerprint density at radius 1 is 1.22 bits per heavy atom. The first kappa shape index (κ1) is 19.2. The standard InChI is InChI=1S/C20H21ClN2O4/c21-16-10-11-18(17(12-16)23(25)26)27-13-19(24)22-20(15-8-4-5-9-15)14-6-2-1-3-7-14/h1-3,6-7,10-12,15,20H,4-5,8-9,13H2,(H,22,24)/t20-/m0/s1. The molecule has 0 spiro atoms. The highest BCUT2D eigenvalue weighted by Gasteiger charge is 2.28. The summed E-state index contributed by atoms with van der Waals surface area (Å²) in [4.78, 5) is 23.0. The Balaban J connectivity index is 1.67. The summed E-state index contributed by atoms with van der Waals surface area (Å²) in [6, 6.07) is 13.9. The lowest BCUT2D eigenvalue weighted by Gasteiger charge is -2.25. The molecule has 2 aromatic carbocycles. The number of hydrogen-bond donors (Lipinski definition) is 1. The normalized spacial score (nSPS) is 15.3. The van der Waals surface area contributed by atoms with Crippen molar-refractivity contribution in [2.75, 3.05) is 6.61 Å². The number of carbonyl (C=O) groups excluding carboxylic acids is 1. The molecule has 1 N–H and O–H groups in total. The maximum atomic E-state index is 12.5. The van der Waals surface area contributed by atoms with Crippen molar-refractivity contribution in [3.63, 3.8) is 0 Å². The van der Waals surface area contributed by atoms with E-state index in [1.165, 1.54) is 18.2 Å². The van der Waals surface area contributed by atoms with Crippen molar-refractivity contribution in [2.24, 2.45) is 5.92 Å². The van der Waals surface area contributed by atoms with E-state index in [9.17, 15) is 14.9 Å². The molecular weight excluding hydrogens is 368 g/mol. The Kier molecular flexibility index (Phi) is 6.29. The van der Waals surface area contributed by atoms with Crippen molar-refractivity contribution < 1.29 is 14.5 Å². The van der Waals surface area contributed by atoms with E-state index in [0.717, 1.165) is 31.2 Å². The van der Waals surface area contributed by atoms with Crippen LogP contribution < -0.4 is 10.1 Å². The molecule has 6 nitrogen and oxygen atoms in total. The lowest BCUT2D eigenvalue weighted by atomic mass is 9.91. The smallest absolute Gasteiger partial charge is 0.312 e. The Morgan fingerprint density at radius 3 is 2.59 bits per heavy atom. The third kappa shape index (κ3) is 4.98. The van der Waals surface area contributed by atoms with Crippen LogP contribution in [-0.4, -0.2) is 17.4 Å². The zero-order valence-corrected chi connectivity index (χ0v) is 15.5. The topological polar surface area (TPSA) is 81.5 Å². The molecular formula is C20H21ClN2O4. The molecule has 0 saturated heterocycles. The molecule has 0 aliphatic heterocycles. The number of nitrogens with one attached hydrogen (secondary N) is 1. The molecule has 0 heterocycles. The van der Waals surface area contributed by atoms with E-state index in [4.69, 9.17) is 16.3 Å². The van der Waals surface area contributed by atoms with Crippen molar-refractivity contribution in [1.82, 2.24) is 5.32 Å². The average molecular weight is 389 g/mol. The molecule has 142 valence electrons. The molecule has 0 bridgehead atoms. The maximum absolute atomic E-state index is 12.5. The molecule has 1 atom stereocenters. The third-order valence-corrected chi connectivity index (χ3v) is 5.06. The average Bonchev–Trinajstić information content (AvgIpc) is 3.20. The van der Waals surface area contributed by atoms with Gasteiger partial charge in [0, 0.05) is 11.1 Å². The van der Waals surface area contributed by atoms with E-state index in [2.05, 4.69) is 5.32 Å². The fourth-order valence-corrected chi connectivity index (χ4v) is 3.70. The number of nitro benzene ring substituents is 1. The molecule has 1 saturated carbocycles. The lowest BCUT2D eigenvalue weighted by molar-refractivity contribution is -0.385. The molecule has 1 amide bonds. The maximum Gasteiger partial charge on any atom is 0.312 e. The summed E-state index contributed by atoms with van der Waals surface area (Å²) in [5.74, 6) is 0.109. The molecule has 3 rings (SSSR count). The zero-order valence-electron chi connectivity index (χ0n) is 14.8. The van der Waals surface area contributed by atoms with Crippen molar-refractivity contribution >= 4 is 23.2 Å². The number of hydrogen-bond acceptors (Lipinski definition) is 4. The molecule has 0 radical (unpaired) electrons. The highest BCUT2D eigenvalue weighted by Crippen LogP contribution is 2.35. The minimum absolute atomic E-state index is 0.0247. The summed E-state index contributed by atoms with van der Waals surface area (Å²) in [6.07, 6.45) is 4.47. The van der Waals surface area contributed by atoms with Gasteiger partial charge in [-0.15, -0.1) is 0 Å². The number of nitro groups is 1. The highest BCUT2D eigenvalue weighted by molar-refractivity contribution is 6.30. The van der Waals surface area contributed by atoms with Crippen LogP contribution in [0.1, 0.15) is 37.3 Å². The summed E-state index contributed by atoms with van der Waals surface area (Å²) in [5, 5.41) is 14.4. The first-order valence-electron chi connectivity index (χ1n) is 8.95. The Hall–Kier alpha value is -2.60. The number of benzene rings is 2. The van der Waals surface area contributed by atoms with Crippen LogP contribution >= 0.6 is 11.6 Å². The number of halogens is 1. The van der Waals surface area contributed by atoms with Gasteiger partial charge in [0.1, 0.15) is 0 Å². The summed E-state index contributed by atoms with van der Waals surface area (Å²) in [5.41, 5.74) is 0.806. The van der Waals surface area contributed by atoms with Gasteiger partial charge in [0.2, 0.25) is 0 Å². The minimum Gasteiger partial charge on any atom is -0.477 e.